The van der Waals surface area contributed by atoms with Gasteiger partial charge in [-0.1, -0.05) is 18.2 Å². The lowest BCUT2D eigenvalue weighted by Gasteiger charge is -2.00. The summed E-state index contributed by atoms with van der Waals surface area (Å²) in [5.41, 5.74) is 9.58. The molecular formula is C15H16ClN4+. The zero-order valence-corrected chi connectivity index (χ0v) is 11.9. The van der Waals surface area contributed by atoms with Gasteiger partial charge < -0.3 is 5.73 Å². The highest BCUT2D eigenvalue weighted by atomic mass is 35.5. The summed E-state index contributed by atoms with van der Waals surface area (Å²) in [6.45, 7) is 0. The molecule has 0 aliphatic carbocycles. The Morgan fingerprint density at radius 3 is 2.45 bits per heavy atom. The first-order valence-electron chi connectivity index (χ1n) is 6.07. The molecule has 2 aromatic heterocycles. The predicted molar refractivity (Wildman–Crippen MR) is 82.3 cm³/mol. The summed E-state index contributed by atoms with van der Waals surface area (Å²) in [4.78, 5) is 0. The Bertz CT molecular complexity index is 759. The third kappa shape index (κ3) is 2.26. The minimum Gasteiger partial charge on any atom is -0.384 e. The van der Waals surface area contributed by atoms with Gasteiger partial charge in [-0.2, -0.15) is 0 Å². The standard InChI is InChI=1S/C15H15N4.ClH/c1-18-13(10-19-9-3-2-4-14(18)19)11-5-7-12(8-6-11)15(16)17;/h2-10H,1H3,(H3,16,17);1H/q+1;. The molecular weight excluding hydrogens is 272 g/mol. The molecule has 0 saturated carbocycles. The minimum absolute atomic E-state index is 0. The van der Waals surface area contributed by atoms with E-state index in [0.29, 0.717) is 0 Å². The van der Waals surface area contributed by atoms with Crippen LogP contribution in [0, 0.1) is 5.41 Å². The molecule has 0 bridgehead atoms. The first-order valence-corrected chi connectivity index (χ1v) is 6.07. The maximum absolute atomic E-state index is 7.41. The Kier molecular flexibility index (Phi) is 3.77. The smallest absolute Gasteiger partial charge is 0.286 e. The van der Waals surface area contributed by atoms with E-state index in [0.717, 1.165) is 22.5 Å². The van der Waals surface area contributed by atoms with Crippen molar-refractivity contribution >= 4 is 23.9 Å². The first kappa shape index (κ1) is 14.1. The van der Waals surface area contributed by atoms with Gasteiger partial charge in [-0.05, 0) is 18.2 Å². The number of nitrogen functional groups attached to an aromatic ring is 1. The fourth-order valence-corrected chi connectivity index (χ4v) is 2.27. The van der Waals surface area contributed by atoms with Gasteiger partial charge in [-0.25, -0.2) is 8.97 Å². The van der Waals surface area contributed by atoms with Crippen molar-refractivity contribution in [1.82, 2.24) is 4.57 Å². The molecule has 1 aromatic carbocycles. The summed E-state index contributed by atoms with van der Waals surface area (Å²) in [6.07, 6.45) is 4.13. The molecule has 2 heterocycles. The molecule has 3 N–H and O–H groups in total. The third-order valence-corrected chi connectivity index (χ3v) is 3.33. The summed E-state index contributed by atoms with van der Waals surface area (Å²) in [7, 11) is 2.05. The topological polar surface area (TPSA) is 58.9 Å². The second-order valence-corrected chi connectivity index (χ2v) is 4.53. The number of hydrogen-bond acceptors (Lipinski definition) is 1. The van der Waals surface area contributed by atoms with Crippen LogP contribution >= 0.6 is 12.4 Å². The van der Waals surface area contributed by atoms with Crippen molar-refractivity contribution in [3.63, 3.8) is 0 Å². The Balaban J connectivity index is 0.00000147. The van der Waals surface area contributed by atoms with Gasteiger partial charge in [0.05, 0.1) is 13.2 Å². The van der Waals surface area contributed by atoms with Gasteiger partial charge in [-0.3, -0.25) is 5.41 Å². The lowest BCUT2D eigenvalue weighted by Crippen LogP contribution is -2.17. The predicted octanol–water partition coefficient (Wildman–Crippen LogP) is 2.14. The number of imidazole rings is 1. The van der Waals surface area contributed by atoms with Crippen LogP contribution in [-0.2, 0) is 7.05 Å². The van der Waals surface area contributed by atoms with Crippen molar-refractivity contribution in [2.24, 2.45) is 12.8 Å². The van der Waals surface area contributed by atoms with Crippen LogP contribution in [0.5, 0.6) is 0 Å². The van der Waals surface area contributed by atoms with Gasteiger partial charge in [0, 0.05) is 17.2 Å². The fraction of sp³-hybridized carbons (Fsp3) is 0.0667. The quantitative estimate of drug-likeness (QED) is 0.423. The first-order chi connectivity index (χ1) is 9.16. The summed E-state index contributed by atoms with van der Waals surface area (Å²) < 4.78 is 4.23. The van der Waals surface area contributed by atoms with Crippen molar-refractivity contribution in [1.29, 1.82) is 5.41 Å². The van der Waals surface area contributed by atoms with Crippen LogP contribution in [0.1, 0.15) is 5.56 Å². The second-order valence-electron chi connectivity index (χ2n) is 4.53. The van der Waals surface area contributed by atoms with Crippen molar-refractivity contribution < 1.29 is 4.40 Å². The Morgan fingerprint density at radius 1 is 1.15 bits per heavy atom. The van der Waals surface area contributed by atoms with E-state index in [2.05, 4.69) is 21.2 Å². The van der Waals surface area contributed by atoms with Crippen molar-refractivity contribution in [3.05, 3.63) is 60.4 Å². The molecule has 0 fully saturated rings. The molecule has 0 atom stereocenters. The largest absolute Gasteiger partial charge is 0.384 e. The Labute approximate surface area is 123 Å². The van der Waals surface area contributed by atoms with Crippen LogP contribution in [0.2, 0.25) is 0 Å². The summed E-state index contributed by atoms with van der Waals surface area (Å²) in [5, 5.41) is 7.41. The number of rotatable bonds is 2. The SMILES string of the molecule is Cl.Cn1c(-c2ccc(C(=N)N)cc2)c[n+]2ccccc12. The van der Waals surface area contributed by atoms with Crippen LogP contribution in [0.3, 0.4) is 0 Å². The molecule has 3 rings (SSSR count). The Morgan fingerprint density at radius 2 is 1.85 bits per heavy atom. The van der Waals surface area contributed by atoms with Crippen LogP contribution in [0.4, 0.5) is 0 Å². The summed E-state index contributed by atoms with van der Waals surface area (Å²) in [6, 6.07) is 13.8. The number of halogens is 1. The highest BCUT2D eigenvalue weighted by Crippen LogP contribution is 2.19. The maximum Gasteiger partial charge on any atom is 0.286 e. The number of aryl methyl sites for hydroxylation is 1. The number of pyridine rings is 1. The molecule has 3 aromatic rings. The van der Waals surface area contributed by atoms with Gasteiger partial charge in [0.15, 0.2) is 5.69 Å². The van der Waals surface area contributed by atoms with Crippen LogP contribution in [0.25, 0.3) is 16.9 Å². The van der Waals surface area contributed by atoms with E-state index in [1.165, 1.54) is 0 Å². The van der Waals surface area contributed by atoms with Crippen LogP contribution in [-0.4, -0.2) is 10.4 Å². The van der Waals surface area contributed by atoms with E-state index in [-0.39, 0.29) is 18.2 Å². The normalized spacial score (nSPS) is 10.2. The van der Waals surface area contributed by atoms with Crippen molar-refractivity contribution in [2.75, 3.05) is 0 Å². The van der Waals surface area contributed by atoms with Crippen molar-refractivity contribution in [2.45, 2.75) is 0 Å². The molecule has 0 aliphatic heterocycles. The van der Waals surface area contributed by atoms with E-state index in [4.69, 9.17) is 11.1 Å². The number of amidine groups is 1. The molecule has 0 spiro atoms. The van der Waals surface area contributed by atoms with Crippen molar-refractivity contribution in [3.8, 4) is 11.3 Å². The summed E-state index contributed by atoms with van der Waals surface area (Å²) >= 11 is 0. The lowest BCUT2D eigenvalue weighted by atomic mass is 10.1. The zero-order chi connectivity index (χ0) is 13.4. The van der Waals surface area contributed by atoms with Gasteiger partial charge in [-0.15, -0.1) is 12.4 Å². The Hall–Kier alpha value is -2.33. The minimum atomic E-state index is 0. The fourth-order valence-electron chi connectivity index (χ4n) is 2.27. The molecule has 20 heavy (non-hydrogen) atoms. The lowest BCUT2D eigenvalue weighted by molar-refractivity contribution is -0.510. The van der Waals surface area contributed by atoms with Crippen LogP contribution < -0.4 is 10.1 Å². The van der Waals surface area contributed by atoms with E-state index < -0.39 is 0 Å². The number of fused-ring (bicyclic) bond motifs is 1. The average molecular weight is 288 g/mol. The molecule has 0 saturated heterocycles. The second kappa shape index (κ2) is 5.35. The summed E-state index contributed by atoms with van der Waals surface area (Å²) in [5.74, 6) is 0.0953. The monoisotopic (exact) mass is 287 g/mol. The van der Waals surface area contributed by atoms with E-state index >= 15 is 0 Å². The molecule has 0 aliphatic rings. The number of benzene rings is 1. The highest BCUT2D eigenvalue weighted by molar-refractivity contribution is 5.95. The molecule has 4 nitrogen and oxygen atoms in total. The molecule has 0 amide bonds. The number of nitrogens with one attached hydrogen (secondary N) is 1. The number of nitrogens with zero attached hydrogens (tertiary/aromatic N) is 2. The van der Waals surface area contributed by atoms with E-state index in [1.807, 2.05) is 49.6 Å². The molecule has 0 radical (unpaired) electrons. The number of hydrogen-bond donors (Lipinski definition) is 2. The third-order valence-electron chi connectivity index (χ3n) is 3.33. The highest BCUT2D eigenvalue weighted by Gasteiger charge is 2.14. The van der Waals surface area contributed by atoms with Gasteiger partial charge in [0.25, 0.3) is 5.65 Å². The average Bonchev–Trinajstić information content (AvgIpc) is 2.77. The van der Waals surface area contributed by atoms with E-state index in [9.17, 15) is 0 Å². The zero-order valence-electron chi connectivity index (χ0n) is 11.1. The van der Waals surface area contributed by atoms with Gasteiger partial charge >= 0.3 is 0 Å². The van der Waals surface area contributed by atoms with Crippen LogP contribution in [0.15, 0.2) is 54.9 Å². The molecule has 5 heteroatoms. The van der Waals surface area contributed by atoms with Gasteiger partial charge in [0.2, 0.25) is 0 Å². The van der Waals surface area contributed by atoms with Gasteiger partial charge in [0.1, 0.15) is 12.0 Å². The number of nitrogens with two attached hydrogens (primary N) is 1. The van der Waals surface area contributed by atoms with E-state index in [1.54, 1.807) is 0 Å². The molecule has 0 unspecified atom stereocenters. The maximum atomic E-state index is 7.41. The molecule has 102 valence electrons. The number of aromatic nitrogens is 2.